The van der Waals surface area contributed by atoms with Gasteiger partial charge in [0.25, 0.3) is 5.91 Å². The van der Waals surface area contributed by atoms with Gasteiger partial charge in [0.2, 0.25) is 5.75 Å². The lowest BCUT2D eigenvalue weighted by molar-refractivity contribution is -0.143. The second kappa shape index (κ2) is 7.71. The number of hydrogen-bond donors (Lipinski definition) is 1. The predicted octanol–water partition coefficient (Wildman–Crippen LogP) is 1.89. The summed E-state index contributed by atoms with van der Waals surface area (Å²) in [6.45, 7) is 3.50. The van der Waals surface area contributed by atoms with E-state index in [1.807, 2.05) is 0 Å². The lowest BCUT2D eigenvalue weighted by atomic mass is 10.0. The number of carboxylic acids is 1. The Kier molecular flexibility index (Phi) is 6.24. The minimum Gasteiger partial charge on any atom is -0.493 e. The van der Waals surface area contributed by atoms with E-state index in [0.717, 1.165) is 0 Å². The Bertz CT molecular complexity index is 559. The summed E-state index contributed by atoms with van der Waals surface area (Å²) in [5.41, 5.74) is 0.258. The first-order chi connectivity index (χ1) is 10.8. The number of hydrogen-bond acceptors (Lipinski definition) is 5. The van der Waals surface area contributed by atoms with Crippen molar-refractivity contribution in [2.24, 2.45) is 5.92 Å². The van der Waals surface area contributed by atoms with Crippen LogP contribution in [0.4, 0.5) is 0 Å². The zero-order valence-electron chi connectivity index (χ0n) is 14.2. The molecular formula is C16H23NO6. The van der Waals surface area contributed by atoms with Crippen molar-refractivity contribution in [2.75, 3.05) is 28.4 Å². The summed E-state index contributed by atoms with van der Waals surface area (Å²) in [6, 6.07) is 2.07. The minimum absolute atomic E-state index is 0.233. The zero-order chi connectivity index (χ0) is 17.7. The van der Waals surface area contributed by atoms with Crippen molar-refractivity contribution in [3.8, 4) is 17.2 Å². The summed E-state index contributed by atoms with van der Waals surface area (Å²) in [5, 5.41) is 9.33. The fourth-order valence-corrected chi connectivity index (χ4v) is 2.43. The van der Waals surface area contributed by atoms with Gasteiger partial charge >= 0.3 is 5.97 Å². The van der Waals surface area contributed by atoms with Crippen molar-refractivity contribution in [2.45, 2.75) is 19.9 Å². The highest BCUT2D eigenvalue weighted by atomic mass is 16.5. The Labute approximate surface area is 135 Å². The van der Waals surface area contributed by atoms with Gasteiger partial charge in [-0.15, -0.1) is 0 Å². The highest BCUT2D eigenvalue weighted by Gasteiger charge is 2.31. The zero-order valence-corrected chi connectivity index (χ0v) is 14.2. The van der Waals surface area contributed by atoms with E-state index in [-0.39, 0.29) is 11.5 Å². The van der Waals surface area contributed by atoms with Crippen LogP contribution >= 0.6 is 0 Å². The van der Waals surface area contributed by atoms with Crippen LogP contribution in [0.15, 0.2) is 12.1 Å². The molecule has 0 spiro atoms. The van der Waals surface area contributed by atoms with E-state index < -0.39 is 17.9 Å². The Hall–Kier alpha value is -2.44. The number of carboxylic acid groups (broad SMARTS) is 1. The number of amides is 1. The number of methoxy groups -OCH3 is 3. The van der Waals surface area contributed by atoms with Crippen LogP contribution in [0.5, 0.6) is 17.2 Å². The molecule has 1 amide bonds. The molecule has 0 saturated carbocycles. The van der Waals surface area contributed by atoms with Crippen LogP contribution in [-0.4, -0.2) is 56.3 Å². The van der Waals surface area contributed by atoms with E-state index in [0.29, 0.717) is 17.2 Å². The first-order valence-corrected chi connectivity index (χ1v) is 7.08. The highest BCUT2D eigenvalue weighted by molar-refractivity contribution is 5.97. The van der Waals surface area contributed by atoms with Gasteiger partial charge in [-0.05, 0) is 18.1 Å². The van der Waals surface area contributed by atoms with Gasteiger partial charge in [0.05, 0.1) is 21.3 Å². The van der Waals surface area contributed by atoms with E-state index in [1.165, 1.54) is 45.4 Å². The predicted molar refractivity (Wildman–Crippen MR) is 84.5 cm³/mol. The van der Waals surface area contributed by atoms with Crippen molar-refractivity contribution >= 4 is 11.9 Å². The van der Waals surface area contributed by atoms with E-state index in [2.05, 4.69) is 0 Å². The van der Waals surface area contributed by atoms with Crippen molar-refractivity contribution in [3.63, 3.8) is 0 Å². The van der Waals surface area contributed by atoms with Crippen molar-refractivity contribution < 1.29 is 28.9 Å². The van der Waals surface area contributed by atoms with Crippen molar-refractivity contribution in [3.05, 3.63) is 17.7 Å². The molecule has 0 aromatic heterocycles. The molecule has 23 heavy (non-hydrogen) atoms. The van der Waals surface area contributed by atoms with Crippen LogP contribution in [0.2, 0.25) is 0 Å². The van der Waals surface area contributed by atoms with Crippen LogP contribution in [-0.2, 0) is 4.79 Å². The fraction of sp³-hybridized carbons (Fsp3) is 0.500. The molecule has 7 heteroatoms. The molecule has 1 aromatic rings. The standard InChI is InChI=1S/C16H23NO6/c1-9(2)13(16(19)20)17(3)15(18)10-7-11(21-4)14(23-6)12(8-10)22-5/h7-9,13H,1-6H3,(H,19,20)/t13-/m0/s1. The Balaban J connectivity index is 3.29. The maximum Gasteiger partial charge on any atom is 0.326 e. The van der Waals surface area contributed by atoms with Crippen LogP contribution in [0.25, 0.3) is 0 Å². The quantitative estimate of drug-likeness (QED) is 0.824. The third-order valence-corrected chi connectivity index (χ3v) is 3.53. The summed E-state index contributed by atoms with van der Waals surface area (Å²) < 4.78 is 15.6. The third kappa shape index (κ3) is 3.85. The third-order valence-electron chi connectivity index (χ3n) is 3.53. The summed E-state index contributed by atoms with van der Waals surface area (Å²) in [7, 11) is 5.82. The van der Waals surface area contributed by atoms with Gasteiger partial charge in [0, 0.05) is 12.6 Å². The van der Waals surface area contributed by atoms with Crippen LogP contribution < -0.4 is 14.2 Å². The molecule has 1 aromatic carbocycles. The second-order valence-corrected chi connectivity index (χ2v) is 5.36. The molecule has 1 rings (SSSR count). The number of carbonyl (C=O) groups is 2. The van der Waals surface area contributed by atoms with Gasteiger partial charge in [-0.2, -0.15) is 0 Å². The molecule has 7 nitrogen and oxygen atoms in total. The minimum atomic E-state index is -1.05. The molecule has 0 aliphatic carbocycles. The number of benzene rings is 1. The maximum absolute atomic E-state index is 12.6. The molecule has 128 valence electrons. The van der Waals surface area contributed by atoms with Crippen LogP contribution in [0.1, 0.15) is 24.2 Å². The number of carbonyl (C=O) groups excluding carboxylic acids is 1. The molecule has 0 saturated heterocycles. The number of nitrogens with zero attached hydrogens (tertiary/aromatic N) is 1. The highest BCUT2D eigenvalue weighted by Crippen LogP contribution is 2.38. The van der Waals surface area contributed by atoms with Gasteiger partial charge in [-0.3, -0.25) is 4.79 Å². The van der Waals surface area contributed by atoms with Crippen molar-refractivity contribution in [1.82, 2.24) is 4.90 Å². The normalized spacial score (nSPS) is 11.8. The van der Waals surface area contributed by atoms with E-state index in [1.54, 1.807) is 13.8 Å². The molecule has 0 bridgehead atoms. The molecule has 0 heterocycles. The van der Waals surface area contributed by atoms with Gasteiger partial charge in [-0.1, -0.05) is 13.8 Å². The molecular weight excluding hydrogens is 302 g/mol. The van der Waals surface area contributed by atoms with Gasteiger partial charge in [0.1, 0.15) is 6.04 Å². The Morgan fingerprint density at radius 1 is 1.04 bits per heavy atom. The van der Waals surface area contributed by atoms with Crippen LogP contribution in [0.3, 0.4) is 0 Å². The smallest absolute Gasteiger partial charge is 0.326 e. The first kappa shape index (κ1) is 18.6. The van der Waals surface area contributed by atoms with E-state index in [9.17, 15) is 14.7 Å². The Morgan fingerprint density at radius 3 is 1.83 bits per heavy atom. The summed E-state index contributed by atoms with van der Waals surface area (Å²) in [6.07, 6.45) is 0. The summed E-state index contributed by atoms with van der Waals surface area (Å²) in [4.78, 5) is 25.2. The van der Waals surface area contributed by atoms with Gasteiger partial charge < -0.3 is 24.2 Å². The lowest BCUT2D eigenvalue weighted by Crippen LogP contribution is -2.45. The molecule has 1 atom stereocenters. The molecule has 0 radical (unpaired) electrons. The molecule has 0 unspecified atom stereocenters. The monoisotopic (exact) mass is 325 g/mol. The molecule has 0 aliphatic rings. The van der Waals surface area contributed by atoms with E-state index >= 15 is 0 Å². The number of likely N-dealkylation sites (N-methyl/N-ethyl adjacent to an activating group) is 1. The maximum atomic E-state index is 12.6. The SMILES string of the molecule is COc1cc(C(=O)N(C)[C@H](C(=O)O)C(C)C)cc(OC)c1OC. The van der Waals surface area contributed by atoms with Crippen molar-refractivity contribution in [1.29, 1.82) is 0 Å². The fourth-order valence-electron chi connectivity index (χ4n) is 2.43. The summed E-state index contributed by atoms with van der Waals surface area (Å²) >= 11 is 0. The van der Waals surface area contributed by atoms with Gasteiger partial charge in [0.15, 0.2) is 11.5 Å². The van der Waals surface area contributed by atoms with Crippen LogP contribution in [0, 0.1) is 5.92 Å². The van der Waals surface area contributed by atoms with E-state index in [4.69, 9.17) is 14.2 Å². The largest absolute Gasteiger partial charge is 0.493 e. The second-order valence-electron chi connectivity index (χ2n) is 5.36. The number of rotatable bonds is 7. The molecule has 0 aliphatic heterocycles. The molecule has 0 fully saturated rings. The number of ether oxygens (including phenoxy) is 3. The number of aliphatic carboxylic acids is 1. The topological polar surface area (TPSA) is 85.3 Å². The average Bonchev–Trinajstić information content (AvgIpc) is 2.51. The van der Waals surface area contributed by atoms with Gasteiger partial charge in [-0.25, -0.2) is 4.79 Å². The lowest BCUT2D eigenvalue weighted by Gasteiger charge is -2.28. The molecule has 1 N–H and O–H groups in total. The summed E-state index contributed by atoms with van der Waals surface area (Å²) in [5.74, 6) is -0.690. The average molecular weight is 325 g/mol. The first-order valence-electron chi connectivity index (χ1n) is 7.08. The Morgan fingerprint density at radius 2 is 1.52 bits per heavy atom.